The van der Waals surface area contributed by atoms with Gasteiger partial charge in [-0.1, -0.05) is 25.7 Å². The summed E-state index contributed by atoms with van der Waals surface area (Å²) in [5.41, 5.74) is 3.22. The van der Waals surface area contributed by atoms with Gasteiger partial charge in [-0.25, -0.2) is 4.98 Å². The second-order valence-electron chi connectivity index (χ2n) is 5.26. The van der Waals surface area contributed by atoms with Crippen molar-refractivity contribution in [3.8, 4) is 0 Å². The van der Waals surface area contributed by atoms with Gasteiger partial charge in [0.05, 0.1) is 11.2 Å². The number of hydrogen-bond acceptors (Lipinski definition) is 3. The fraction of sp³-hybridized carbons (Fsp3) is 0.786. The van der Waals surface area contributed by atoms with Crippen LogP contribution in [0.2, 0.25) is 0 Å². The van der Waals surface area contributed by atoms with E-state index in [0.29, 0.717) is 0 Å². The lowest BCUT2D eigenvalue weighted by Gasteiger charge is -2.23. The van der Waals surface area contributed by atoms with Gasteiger partial charge in [0, 0.05) is 4.88 Å². The minimum atomic E-state index is 0.865. The summed E-state index contributed by atoms with van der Waals surface area (Å²) in [6.07, 6.45) is 8.35. The molecule has 0 amide bonds. The number of aryl methyl sites for hydroxylation is 2. The van der Waals surface area contributed by atoms with E-state index in [1.807, 2.05) is 16.8 Å². The van der Waals surface area contributed by atoms with E-state index in [4.69, 9.17) is 0 Å². The Morgan fingerprint density at radius 2 is 2.24 bits per heavy atom. The lowest BCUT2D eigenvalue weighted by Crippen LogP contribution is -2.25. The Hall–Kier alpha value is -0.410. The second-order valence-corrected chi connectivity index (χ2v) is 6.20. The van der Waals surface area contributed by atoms with E-state index in [9.17, 15) is 0 Å². The van der Waals surface area contributed by atoms with Crippen LogP contribution in [0.15, 0.2) is 5.51 Å². The van der Waals surface area contributed by atoms with Crippen LogP contribution in [-0.4, -0.2) is 18.6 Å². The molecule has 1 aliphatic rings. The third-order valence-corrected chi connectivity index (χ3v) is 5.11. The molecular formula is C14H24N2S. The molecule has 2 rings (SSSR count). The Morgan fingerprint density at radius 3 is 2.82 bits per heavy atom. The lowest BCUT2D eigenvalue weighted by atomic mass is 9.86. The summed E-state index contributed by atoms with van der Waals surface area (Å²) in [5, 5.41) is 3.38. The Morgan fingerprint density at radius 1 is 1.47 bits per heavy atom. The van der Waals surface area contributed by atoms with Crippen LogP contribution >= 0.6 is 11.3 Å². The van der Waals surface area contributed by atoms with Crippen molar-refractivity contribution in [2.24, 2.45) is 11.8 Å². The van der Waals surface area contributed by atoms with Crippen molar-refractivity contribution < 1.29 is 0 Å². The molecule has 1 saturated carbocycles. The maximum Gasteiger partial charge on any atom is 0.0797 e. The SMILES string of the molecule is CNCC(CCc1scnc1C)C1CCCC1. The molecule has 0 bridgehead atoms. The van der Waals surface area contributed by atoms with Crippen molar-refractivity contribution >= 4 is 11.3 Å². The molecule has 1 aromatic heterocycles. The summed E-state index contributed by atoms with van der Waals surface area (Å²) in [4.78, 5) is 5.83. The van der Waals surface area contributed by atoms with Gasteiger partial charge in [-0.3, -0.25) is 0 Å². The molecule has 0 aliphatic heterocycles. The number of nitrogens with one attached hydrogen (secondary N) is 1. The number of rotatable bonds is 6. The standard InChI is InChI=1S/C14H24N2S/c1-11-14(17-10-16-11)8-7-13(9-15-2)12-5-3-4-6-12/h10,12-13,15H,3-9H2,1-2H3. The minimum absolute atomic E-state index is 0.865. The predicted molar refractivity (Wildman–Crippen MR) is 74.5 cm³/mol. The Labute approximate surface area is 109 Å². The zero-order valence-corrected chi connectivity index (χ0v) is 11.9. The predicted octanol–water partition coefficient (Wildman–Crippen LogP) is 3.41. The van der Waals surface area contributed by atoms with Gasteiger partial charge >= 0.3 is 0 Å². The van der Waals surface area contributed by atoms with E-state index >= 15 is 0 Å². The summed E-state index contributed by atoms with van der Waals surface area (Å²) < 4.78 is 0. The molecule has 1 aliphatic carbocycles. The fourth-order valence-electron chi connectivity index (χ4n) is 3.08. The number of thiazole rings is 1. The van der Waals surface area contributed by atoms with Gasteiger partial charge in [-0.15, -0.1) is 11.3 Å². The topological polar surface area (TPSA) is 24.9 Å². The van der Waals surface area contributed by atoms with Crippen LogP contribution < -0.4 is 5.32 Å². The highest BCUT2D eigenvalue weighted by Gasteiger charge is 2.24. The van der Waals surface area contributed by atoms with Gasteiger partial charge < -0.3 is 5.32 Å². The van der Waals surface area contributed by atoms with E-state index in [1.54, 1.807) is 0 Å². The Balaban J connectivity index is 1.86. The molecule has 17 heavy (non-hydrogen) atoms. The maximum atomic E-state index is 4.34. The van der Waals surface area contributed by atoms with E-state index < -0.39 is 0 Å². The van der Waals surface area contributed by atoms with Crippen molar-refractivity contribution in [1.29, 1.82) is 0 Å². The number of aromatic nitrogens is 1. The Kier molecular flexibility index (Phi) is 4.99. The zero-order valence-electron chi connectivity index (χ0n) is 11.0. The molecule has 1 unspecified atom stereocenters. The molecule has 0 radical (unpaired) electrons. The van der Waals surface area contributed by atoms with Gasteiger partial charge in [-0.05, 0) is 45.2 Å². The third kappa shape index (κ3) is 3.52. The molecule has 1 aromatic rings. The highest BCUT2D eigenvalue weighted by molar-refractivity contribution is 7.09. The van der Waals surface area contributed by atoms with Gasteiger partial charge in [0.1, 0.15) is 0 Å². The third-order valence-electron chi connectivity index (χ3n) is 4.12. The quantitative estimate of drug-likeness (QED) is 0.839. The normalized spacial score (nSPS) is 18.7. The molecule has 0 aromatic carbocycles. The lowest BCUT2D eigenvalue weighted by molar-refractivity contribution is 0.311. The van der Waals surface area contributed by atoms with Crippen LogP contribution in [0.5, 0.6) is 0 Å². The van der Waals surface area contributed by atoms with Crippen molar-refractivity contribution in [3.05, 3.63) is 16.1 Å². The summed E-state index contributed by atoms with van der Waals surface area (Å²) in [7, 11) is 2.08. The van der Waals surface area contributed by atoms with E-state index in [-0.39, 0.29) is 0 Å². The van der Waals surface area contributed by atoms with Crippen LogP contribution in [0.4, 0.5) is 0 Å². The van der Waals surface area contributed by atoms with Crippen LogP contribution in [0.1, 0.15) is 42.7 Å². The van der Waals surface area contributed by atoms with Crippen LogP contribution in [0, 0.1) is 18.8 Å². The summed E-state index contributed by atoms with van der Waals surface area (Å²) in [6.45, 7) is 3.32. The van der Waals surface area contributed by atoms with Crippen LogP contribution in [0.3, 0.4) is 0 Å². The van der Waals surface area contributed by atoms with Gasteiger partial charge in [-0.2, -0.15) is 0 Å². The average molecular weight is 252 g/mol. The first-order chi connectivity index (χ1) is 8.31. The maximum absolute atomic E-state index is 4.34. The monoisotopic (exact) mass is 252 g/mol. The first kappa shape index (κ1) is 13.0. The molecule has 96 valence electrons. The molecule has 0 saturated heterocycles. The second kappa shape index (κ2) is 6.50. The summed E-state index contributed by atoms with van der Waals surface area (Å²) in [6, 6.07) is 0. The van der Waals surface area contributed by atoms with Gasteiger partial charge in [0.15, 0.2) is 0 Å². The molecule has 1 heterocycles. The summed E-state index contributed by atoms with van der Waals surface area (Å²) >= 11 is 1.82. The highest BCUT2D eigenvalue weighted by atomic mass is 32.1. The zero-order chi connectivity index (χ0) is 12.1. The highest BCUT2D eigenvalue weighted by Crippen LogP contribution is 2.33. The average Bonchev–Trinajstić information content (AvgIpc) is 2.96. The molecule has 2 nitrogen and oxygen atoms in total. The van der Waals surface area contributed by atoms with E-state index in [2.05, 4.69) is 24.3 Å². The minimum Gasteiger partial charge on any atom is -0.319 e. The van der Waals surface area contributed by atoms with Gasteiger partial charge in [0.2, 0.25) is 0 Å². The number of nitrogens with zero attached hydrogens (tertiary/aromatic N) is 1. The molecule has 1 N–H and O–H groups in total. The van der Waals surface area contributed by atoms with Crippen molar-refractivity contribution in [2.75, 3.05) is 13.6 Å². The van der Waals surface area contributed by atoms with Gasteiger partial charge in [0.25, 0.3) is 0 Å². The van der Waals surface area contributed by atoms with Crippen LogP contribution in [-0.2, 0) is 6.42 Å². The van der Waals surface area contributed by atoms with Crippen LogP contribution in [0.25, 0.3) is 0 Å². The molecule has 1 fully saturated rings. The van der Waals surface area contributed by atoms with E-state index in [1.165, 1.54) is 55.6 Å². The van der Waals surface area contributed by atoms with Crippen molar-refractivity contribution in [3.63, 3.8) is 0 Å². The largest absolute Gasteiger partial charge is 0.319 e. The smallest absolute Gasteiger partial charge is 0.0797 e. The van der Waals surface area contributed by atoms with Crippen molar-refractivity contribution in [2.45, 2.75) is 45.4 Å². The molecular weight excluding hydrogens is 228 g/mol. The molecule has 1 atom stereocenters. The Bertz CT molecular complexity index is 329. The molecule has 3 heteroatoms. The molecule has 0 spiro atoms. The first-order valence-electron chi connectivity index (χ1n) is 6.85. The van der Waals surface area contributed by atoms with Crippen molar-refractivity contribution in [1.82, 2.24) is 10.3 Å². The first-order valence-corrected chi connectivity index (χ1v) is 7.72. The fourth-order valence-corrected chi connectivity index (χ4v) is 3.88. The summed E-state index contributed by atoms with van der Waals surface area (Å²) in [5.74, 6) is 1.83. The van der Waals surface area contributed by atoms with E-state index in [0.717, 1.165) is 11.8 Å². The number of hydrogen-bond donors (Lipinski definition) is 1.